The van der Waals surface area contributed by atoms with Crippen molar-refractivity contribution in [3.63, 3.8) is 0 Å². The summed E-state index contributed by atoms with van der Waals surface area (Å²) in [5, 5.41) is 0. The van der Waals surface area contributed by atoms with E-state index >= 15 is 0 Å². The molecule has 0 bridgehead atoms. The third kappa shape index (κ3) is 21.9. The van der Waals surface area contributed by atoms with Gasteiger partial charge in [-0.1, -0.05) is 90.4 Å². The average molecular weight is 339 g/mol. The van der Waals surface area contributed by atoms with Gasteiger partial charge < -0.3 is 0 Å². The summed E-state index contributed by atoms with van der Waals surface area (Å²) in [5.41, 5.74) is 0. The summed E-state index contributed by atoms with van der Waals surface area (Å²) in [7, 11) is 0. The molecule has 23 heavy (non-hydrogen) atoms. The number of hydrogen-bond acceptors (Lipinski definition) is 1. The zero-order chi connectivity index (χ0) is 16.8. The van der Waals surface area contributed by atoms with E-state index in [0.29, 0.717) is 0 Å². The van der Waals surface area contributed by atoms with Gasteiger partial charge in [0.15, 0.2) is 0 Å². The van der Waals surface area contributed by atoms with Crippen LogP contribution in [0.1, 0.15) is 116 Å². The standard InChI is InChI=1S/C22H42S/c1-3-5-7-8-9-10-11-12-13-14-15-16-17-18-19-20-22-23-21-6-4-2/h1H,4-22H2,2H3. The molecular formula is C22H42S. The van der Waals surface area contributed by atoms with Gasteiger partial charge >= 0.3 is 0 Å². The molecule has 0 atom stereocenters. The molecule has 0 aromatic carbocycles. The summed E-state index contributed by atoms with van der Waals surface area (Å²) in [6, 6.07) is 0. The first-order valence-electron chi connectivity index (χ1n) is 10.4. The van der Waals surface area contributed by atoms with Crippen LogP contribution < -0.4 is 0 Å². The van der Waals surface area contributed by atoms with E-state index in [-0.39, 0.29) is 0 Å². The van der Waals surface area contributed by atoms with Crippen molar-refractivity contribution >= 4 is 11.8 Å². The van der Waals surface area contributed by atoms with Crippen molar-refractivity contribution in [1.82, 2.24) is 0 Å². The first-order chi connectivity index (χ1) is 11.4. The Morgan fingerprint density at radius 3 is 1.39 bits per heavy atom. The molecule has 0 rings (SSSR count). The molecule has 0 amide bonds. The van der Waals surface area contributed by atoms with Crippen molar-refractivity contribution in [3.05, 3.63) is 0 Å². The molecule has 0 heterocycles. The fourth-order valence-corrected chi connectivity index (χ4v) is 4.01. The van der Waals surface area contributed by atoms with Gasteiger partial charge in [0, 0.05) is 6.42 Å². The maximum absolute atomic E-state index is 5.25. The Labute approximate surface area is 152 Å². The highest BCUT2D eigenvalue weighted by Crippen LogP contribution is 2.14. The van der Waals surface area contributed by atoms with Crippen LogP contribution in [-0.4, -0.2) is 11.5 Å². The predicted molar refractivity (Wildman–Crippen MR) is 110 cm³/mol. The van der Waals surface area contributed by atoms with Gasteiger partial charge in [-0.3, -0.25) is 0 Å². The van der Waals surface area contributed by atoms with Crippen molar-refractivity contribution < 1.29 is 0 Å². The Kier molecular flexibility index (Phi) is 21.8. The first-order valence-corrected chi connectivity index (χ1v) is 11.6. The lowest BCUT2D eigenvalue weighted by Gasteiger charge is -2.03. The second-order valence-corrected chi connectivity index (χ2v) is 8.09. The summed E-state index contributed by atoms with van der Waals surface area (Å²) in [6.45, 7) is 2.28. The molecule has 0 aromatic heterocycles. The van der Waals surface area contributed by atoms with Gasteiger partial charge in [0.2, 0.25) is 0 Å². The van der Waals surface area contributed by atoms with E-state index in [1.54, 1.807) is 0 Å². The number of rotatable bonds is 19. The molecule has 0 N–H and O–H groups in total. The summed E-state index contributed by atoms with van der Waals surface area (Å²) < 4.78 is 0. The van der Waals surface area contributed by atoms with Gasteiger partial charge in [-0.05, 0) is 30.8 Å². The molecule has 136 valence electrons. The van der Waals surface area contributed by atoms with Crippen LogP contribution in [-0.2, 0) is 0 Å². The largest absolute Gasteiger partial charge is 0.162 e. The Hall–Kier alpha value is -0.0900. The van der Waals surface area contributed by atoms with Gasteiger partial charge in [0.1, 0.15) is 0 Å². The maximum Gasteiger partial charge on any atom is 0.00860 e. The van der Waals surface area contributed by atoms with Gasteiger partial charge in [-0.25, -0.2) is 0 Å². The van der Waals surface area contributed by atoms with Crippen LogP contribution in [0.4, 0.5) is 0 Å². The van der Waals surface area contributed by atoms with Crippen LogP contribution in [0.15, 0.2) is 0 Å². The molecule has 0 aromatic rings. The molecule has 0 saturated carbocycles. The quantitative estimate of drug-likeness (QED) is 0.170. The summed E-state index contributed by atoms with van der Waals surface area (Å²) in [6.07, 6.45) is 28.9. The van der Waals surface area contributed by atoms with Crippen LogP contribution >= 0.6 is 11.8 Å². The van der Waals surface area contributed by atoms with E-state index < -0.39 is 0 Å². The lowest BCUT2D eigenvalue weighted by molar-refractivity contribution is 0.537. The molecule has 1 heteroatoms. The van der Waals surface area contributed by atoms with Gasteiger partial charge in [-0.2, -0.15) is 11.8 Å². The molecule has 0 unspecified atom stereocenters. The Balaban J connectivity index is 2.94. The lowest BCUT2D eigenvalue weighted by atomic mass is 10.0. The van der Waals surface area contributed by atoms with Crippen LogP contribution in [0.3, 0.4) is 0 Å². The third-order valence-electron chi connectivity index (χ3n) is 4.50. The number of terminal acetylenes is 1. The zero-order valence-electron chi connectivity index (χ0n) is 15.9. The van der Waals surface area contributed by atoms with Crippen LogP contribution in [0.5, 0.6) is 0 Å². The second kappa shape index (κ2) is 21.9. The van der Waals surface area contributed by atoms with E-state index in [0.717, 1.165) is 6.42 Å². The summed E-state index contributed by atoms with van der Waals surface area (Å²) in [4.78, 5) is 0. The highest BCUT2D eigenvalue weighted by atomic mass is 32.2. The Bertz CT molecular complexity index is 241. The SMILES string of the molecule is C#CCCCCCCCCCCCCCCCCSCCCC. The smallest absolute Gasteiger partial charge is 0.00860 e. The van der Waals surface area contributed by atoms with Crippen LogP contribution in [0, 0.1) is 12.3 Å². The monoisotopic (exact) mass is 338 g/mol. The van der Waals surface area contributed by atoms with Crippen LogP contribution in [0.25, 0.3) is 0 Å². The fraction of sp³-hybridized carbons (Fsp3) is 0.909. The maximum atomic E-state index is 5.25. The molecule has 0 fully saturated rings. The summed E-state index contributed by atoms with van der Waals surface area (Å²) >= 11 is 2.16. The number of unbranched alkanes of at least 4 members (excludes halogenated alkanes) is 15. The first kappa shape index (κ1) is 22.9. The van der Waals surface area contributed by atoms with Crippen molar-refractivity contribution in [2.24, 2.45) is 0 Å². The number of thioether (sulfide) groups is 1. The highest BCUT2D eigenvalue weighted by Gasteiger charge is 1.95. The topological polar surface area (TPSA) is 0 Å². The van der Waals surface area contributed by atoms with E-state index in [9.17, 15) is 0 Å². The normalized spacial score (nSPS) is 10.8. The van der Waals surface area contributed by atoms with Crippen molar-refractivity contribution in [2.75, 3.05) is 11.5 Å². The third-order valence-corrected chi connectivity index (χ3v) is 5.66. The molecule has 0 saturated heterocycles. The Morgan fingerprint density at radius 2 is 0.957 bits per heavy atom. The van der Waals surface area contributed by atoms with Crippen LogP contribution in [0.2, 0.25) is 0 Å². The van der Waals surface area contributed by atoms with Gasteiger partial charge in [0.05, 0.1) is 0 Å². The highest BCUT2D eigenvalue weighted by molar-refractivity contribution is 7.99. The van der Waals surface area contributed by atoms with Crippen molar-refractivity contribution in [3.8, 4) is 12.3 Å². The minimum atomic E-state index is 0.970. The van der Waals surface area contributed by atoms with E-state index in [1.807, 2.05) is 0 Å². The predicted octanol–water partition coefficient (Wildman–Crippen LogP) is 8.00. The van der Waals surface area contributed by atoms with Crippen molar-refractivity contribution in [2.45, 2.75) is 116 Å². The molecule has 0 aliphatic carbocycles. The molecular weight excluding hydrogens is 296 g/mol. The minimum absolute atomic E-state index is 0.970. The average Bonchev–Trinajstić information content (AvgIpc) is 2.57. The molecule has 0 radical (unpaired) electrons. The van der Waals surface area contributed by atoms with Gasteiger partial charge in [0.25, 0.3) is 0 Å². The molecule has 0 spiro atoms. The van der Waals surface area contributed by atoms with E-state index in [4.69, 9.17) is 6.42 Å². The fourth-order valence-electron chi connectivity index (χ4n) is 2.90. The van der Waals surface area contributed by atoms with E-state index in [2.05, 4.69) is 24.6 Å². The minimum Gasteiger partial charge on any atom is -0.162 e. The second-order valence-electron chi connectivity index (χ2n) is 6.87. The molecule has 0 nitrogen and oxygen atoms in total. The summed E-state index contributed by atoms with van der Waals surface area (Å²) in [5.74, 6) is 5.49. The lowest BCUT2D eigenvalue weighted by Crippen LogP contribution is -1.86. The number of hydrogen-bond donors (Lipinski definition) is 0. The Morgan fingerprint density at radius 1 is 0.565 bits per heavy atom. The van der Waals surface area contributed by atoms with Crippen molar-refractivity contribution in [1.29, 1.82) is 0 Å². The van der Waals surface area contributed by atoms with E-state index in [1.165, 1.54) is 114 Å². The molecule has 0 aliphatic heterocycles. The zero-order valence-corrected chi connectivity index (χ0v) is 16.7. The van der Waals surface area contributed by atoms with Gasteiger partial charge in [-0.15, -0.1) is 12.3 Å². The molecule has 0 aliphatic rings.